The average Bonchev–Trinajstić information content (AvgIpc) is 2.91. The lowest BCUT2D eigenvalue weighted by Gasteiger charge is -2.20. The van der Waals surface area contributed by atoms with Gasteiger partial charge in [-0.2, -0.15) is 18.2 Å². The Balaban J connectivity index is 1.89. The Labute approximate surface area is 129 Å². The zero-order valence-electron chi connectivity index (χ0n) is 11.8. The van der Waals surface area contributed by atoms with Gasteiger partial charge in [0, 0.05) is 0 Å². The van der Waals surface area contributed by atoms with Crippen LogP contribution in [0.1, 0.15) is 17.5 Å². The van der Waals surface area contributed by atoms with Crippen molar-refractivity contribution in [2.75, 3.05) is 12.3 Å². The molecule has 4 N–H and O–H groups in total. The van der Waals surface area contributed by atoms with Crippen LogP contribution in [0, 0.1) is 0 Å². The first-order valence-electron chi connectivity index (χ1n) is 6.53. The molecule has 1 aromatic heterocycles. The first-order chi connectivity index (χ1) is 10.9. The fourth-order valence-electron chi connectivity index (χ4n) is 1.79. The predicted octanol–water partition coefficient (Wildman–Crippen LogP) is 1.32. The number of halogens is 3. The van der Waals surface area contributed by atoms with Gasteiger partial charge in [0.05, 0.1) is 6.54 Å². The molecule has 0 spiro atoms. The minimum atomic E-state index is -4.62. The number of hydrogen-bond acceptors (Lipinski definition) is 5. The quantitative estimate of drug-likeness (QED) is 0.741. The van der Waals surface area contributed by atoms with Crippen molar-refractivity contribution in [3.63, 3.8) is 0 Å². The second-order valence-corrected chi connectivity index (χ2v) is 4.56. The van der Waals surface area contributed by atoms with Gasteiger partial charge in [-0.05, 0) is 5.56 Å². The van der Waals surface area contributed by atoms with E-state index in [-0.39, 0.29) is 23.9 Å². The molecule has 124 valence electrons. The summed E-state index contributed by atoms with van der Waals surface area (Å²) in [5.41, 5.74) is 5.21. The second-order valence-electron chi connectivity index (χ2n) is 4.56. The maximum absolute atomic E-state index is 13.0. The van der Waals surface area contributed by atoms with E-state index in [9.17, 15) is 18.0 Å². The van der Waals surface area contributed by atoms with Crippen LogP contribution in [0.5, 0.6) is 0 Å². The van der Waals surface area contributed by atoms with Crippen molar-refractivity contribution in [2.45, 2.75) is 18.8 Å². The Kier molecular flexibility index (Phi) is 5.16. The molecule has 2 rings (SSSR count). The molecule has 0 unspecified atom stereocenters. The number of carbonyl (C=O) groups excluding carboxylic acids is 1. The van der Waals surface area contributed by atoms with Crippen LogP contribution < -0.4 is 11.1 Å². The van der Waals surface area contributed by atoms with Gasteiger partial charge in [0.15, 0.2) is 6.10 Å². The van der Waals surface area contributed by atoms with Crippen molar-refractivity contribution >= 4 is 11.9 Å². The highest BCUT2D eigenvalue weighted by Crippen LogP contribution is 2.35. The van der Waals surface area contributed by atoms with Crippen LogP contribution in [0.15, 0.2) is 30.3 Å². The van der Waals surface area contributed by atoms with Gasteiger partial charge in [0.2, 0.25) is 11.9 Å². The number of carbonyl (C=O) groups is 1. The standard InChI is InChI=1S/C13H14F3N5O2/c14-13(15,16)11(8-4-2-1-3-5-8)23-7-10(22)18-6-9-19-12(17)21-20-9/h1-5,11H,6-7H2,(H,18,22)(H3,17,19,20,21)/t11-/m1/s1. The molecule has 23 heavy (non-hydrogen) atoms. The van der Waals surface area contributed by atoms with Gasteiger partial charge in [0.1, 0.15) is 12.4 Å². The van der Waals surface area contributed by atoms with E-state index in [1.54, 1.807) is 6.07 Å². The summed E-state index contributed by atoms with van der Waals surface area (Å²) >= 11 is 0. The lowest BCUT2D eigenvalue weighted by molar-refractivity contribution is -0.223. The number of amides is 1. The topological polar surface area (TPSA) is 106 Å². The molecule has 0 aliphatic carbocycles. The summed E-state index contributed by atoms with van der Waals surface area (Å²) in [6.45, 7) is -0.795. The minimum absolute atomic E-state index is 0.00621. The maximum Gasteiger partial charge on any atom is 0.418 e. The van der Waals surface area contributed by atoms with E-state index in [0.717, 1.165) is 0 Å². The number of aromatic nitrogens is 3. The highest BCUT2D eigenvalue weighted by molar-refractivity contribution is 5.77. The third-order valence-electron chi connectivity index (χ3n) is 2.78. The Morgan fingerprint density at radius 1 is 1.35 bits per heavy atom. The molecule has 10 heteroatoms. The van der Waals surface area contributed by atoms with Crippen molar-refractivity contribution in [3.8, 4) is 0 Å². The minimum Gasteiger partial charge on any atom is -0.367 e. The first-order valence-corrected chi connectivity index (χ1v) is 6.53. The number of nitrogens with two attached hydrogens (primary N) is 1. The highest BCUT2D eigenvalue weighted by atomic mass is 19.4. The van der Waals surface area contributed by atoms with Gasteiger partial charge in [-0.15, -0.1) is 5.10 Å². The van der Waals surface area contributed by atoms with E-state index in [2.05, 4.69) is 20.5 Å². The lowest BCUT2D eigenvalue weighted by atomic mass is 10.1. The number of rotatable bonds is 6. The van der Waals surface area contributed by atoms with E-state index < -0.39 is 24.8 Å². The molecule has 0 fully saturated rings. The number of nitrogen functional groups attached to an aromatic ring is 1. The molecule has 1 atom stereocenters. The van der Waals surface area contributed by atoms with Crippen LogP contribution in [0.4, 0.5) is 19.1 Å². The number of benzene rings is 1. The van der Waals surface area contributed by atoms with Gasteiger partial charge < -0.3 is 15.8 Å². The third kappa shape index (κ3) is 4.95. The molecule has 0 aliphatic rings. The Morgan fingerprint density at radius 3 is 2.61 bits per heavy atom. The molecule has 1 aromatic carbocycles. The maximum atomic E-state index is 13.0. The number of hydrogen-bond donors (Lipinski definition) is 3. The Morgan fingerprint density at radius 2 is 2.04 bits per heavy atom. The van der Waals surface area contributed by atoms with Gasteiger partial charge in [-0.25, -0.2) is 0 Å². The zero-order chi connectivity index (χ0) is 16.9. The van der Waals surface area contributed by atoms with E-state index in [0.29, 0.717) is 0 Å². The predicted molar refractivity (Wildman–Crippen MR) is 73.8 cm³/mol. The summed E-state index contributed by atoms with van der Waals surface area (Å²) in [5, 5.41) is 8.36. The van der Waals surface area contributed by atoms with Crippen LogP contribution in [0.2, 0.25) is 0 Å². The molecule has 0 bridgehead atoms. The molecule has 2 aromatic rings. The second kappa shape index (κ2) is 7.09. The monoisotopic (exact) mass is 329 g/mol. The van der Waals surface area contributed by atoms with Crippen LogP contribution >= 0.6 is 0 Å². The number of anilines is 1. The van der Waals surface area contributed by atoms with Crippen LogP contribution in [-0.2, 0) is 16.1 Å². The fourth-order valence-corrected chi connectivity index (χ4v) is 1.79. The summed E-state index contributed by atoms with van der Waals surface area (Å²) < 4.78 is 43.8. The number of ether oxygens (including phenoxy) is 1. The van der Waals surface area contributed by atoms with Gasteiger partial charge >= 0.3 is 6.18 Å². The summed E-state index contributed by atoms with van der Waals surface area (Å²) in [5.74, 6) is -0.428. The fraction of sp³-hybridized carbons (Fsp3) is 0.308. The smallest absolute Gasteiger partial charge is 0.367 e. The van der Waals surface area contributed by atoms with Crippen molar-refractivity contribution in [3.05, 3.63) is 41.7 Å². The molecular formula is C13H14F3N5O2. The highest BCUT2D eigenvalue weighted by Gasteiger charge is 2.42. The Hall–Kier alpha value is -2.62. The van der Waals surface area contributed by atoms with Gasteiger partial charge in [-0.1, -0.05) is 30.3 Å². The normalized spacial score (nSPS) is 12.8. The van der Waals surface area contributed by atoms with E-state index in [4.69, 9.17) is 10.5 Å². The largest absolute Gasteiger partial charge is 0.418 e. The van der Waals surface area contributed by atoms with E-state index in [1.807, 2.05) is 0 Å². The number of nitrogens with one attached hydrogen (secondary N) is 2. The molecule has 0 saturated carbocycles. The molecule has 0 aliphatic heterocycles. The zero-order valence-corrected chi connectivity index (χ0v) is 11.8. The van der Waals surface area contributed by atoms with Crippen LogP contribution in [0.25, 0.3) is 0 Å². The van der Waals surface area contributed by atoms with Gasteiger partial charge in [0.25, 0.3) is 0 Å². The SMILES string of the molecule is Nc1n[nH]c(CNC(=O)CO[C@H](c2ccccc2)C(F)(F)F)n1. The number of H-pyrrole nitrogens is 1. The lowest BCUT2D eigenvalue weighted by Crippen LogP contribution is -2.31. The van der Waals surface area contributed by atoms with Crippen molar-refractivity contribution in [1.29, 1.82) is 0 Å². The molecule has 0 saturated heterocycles. The van der Waals surface area contributed by atoms with Crippen molar-refractivity contribution in [1.82, 2.24) is 20.5 Å². The van der Waals surface area contributed by atoms with E-state index >= 15 is 0 Å². The van der Waals surface area contributed by atoms with Crippen LogP contribution in [0.3, 0.4) is 0 Å². The molecule has 1 amide bonds. The Bertz CT molecular complexity index is 645. The summed E-state index contributed by atoms with van der Waals surface area (Å²) in [4.78, 5) is 15.3. The van der Waals surface area contributed by atoms with Crippen molar-refractivity contribution < 1.29 is 22.7 Å². The van der Waals surface area contributed by atoms with E-state index in [1.165, 1.54) is 24.3 Å². The number of alkyl halides is 3. The van der Waals surface area contributed by atoms with Crippen molar-refractivity contribution in [2.24, 2.45) is 0 Å². The molecule has 1 heterocycles. The summed E-state index contributed by atoms with van der Waals surface area (Å²) in [6, 6.07) is 7.09. The molecular weight excluding hydrogens is 315 g/mol. The molecule has 7 nitrogen and oxygen atoms in total. The third-order valence-corrected chi connectivity index (χ3v) is 2.78. The summed E-state index contributed by atoms with van der Waals surface area (Å²) in [6.07, 6.45) is -6.79. The number of nitrogens with zero attached hydrogens (tertiary/aromatic N) is 2. The first kappa shape index (κ1) is 16.7. The number of aromatic amines is 1. The molecule has 0 radical (unpaired) electrons. The van der Waals surface area contributed by atoms with Gasteiger partial charge in [-0.3, -0.25) is 9.89 Å². The van der Waals surface area contributed by atoms with Crippen LogP contribution in [-0.4, -0.2) is 33.9 Å². The average molecular weight is 329 g/mol. The summed E-state index contributed by atoms with van der Waals surface area (Å²) in [7, 11) is 0.